The highest BCUT2D eigenvalue weighted by Crippen LogP contribution is 2.45. The molecule has 0 amide bonds. The van der Waals surface area contributed by atoms with Crippen LogP contribution in [-0.2, 0) is 22.6 Å². The Morgan fingerprint density at radius 2 is 1.51 bits per heavy atom. The van der Waals surface area contributed by atoms with Crippen LogP contribution in [0.1, 0.15) is 75.2 Å². The van der Waals surface area contributed by atoms with Gasteiger partial charge in [0, 0.05) is 24.4 Å². The lowest BCUT2D eigenvalue weighted by molar-refractivity contribution is -0.168. The van der Waals surface area contributed by atoms with E-state index in [2.05, 4.69) is 11.4 Å². The summed E-state index contributed by atoms with van der Waals surface area (Å²) in [4.78, 5) is 0. The van der Waals surface area contributed by atoms with Crippen LogP contribution in [0, 0.1) is 17.6 Å². The Kier molecular flexibility index (Phi) is 8.83. The molecular formula is C33H39F2NO3. The fourth-order valence-electron chi connectivity index (χ4n) is 5.72. The number of rotatable bonds is 10. The molecule has 4 nitrogen and oxygen atoms in total. The second kappa shape index (κ2) is 12.5. The maximum Gasteiger partial charge on any atom is 0.132 e. The van der Waals surface area contributed by atoms with Gasteiger partial charge in [0.1, 0.15) is 35.2 Å². The van der Waals surface area contributed by atoms with Crippen LogP contribution in [0.3, 0.4) is 0 Å². The van der Waals surface area contributed by atoms with Crippen LogP contribution in [-0.4, -0.2) is 18.3 Å². The molecular weight excluding hydrogens is 496 g/mol. The number of fused-ring (bicyclic) bond motifs is 1. The Morgan fingerprint density at radius 1 is 0.846 bits per heavy atom. The molecule has 2 atom stereocenters. The number of anilines is 1. The maximum absolute atomic E-state index is 13.4. The maximum atomic E-state index is 13.4. The van der Waals surface area contributed by atoms with Crippen molar-refractivity contribution in [1.82, 2.24) is 0 Å². The highest BCUT2D eigenvalue weighted by molar-refractivity contribution is 5.54. The Morgan fingerprint density at radius 3 is 2.21 bits per heavy atom. The van der Waals surface area contributed by atoms with Crippen molar-refractivity contribution in [3.63, 3.8) is 0 Å². The molecule has 0 radical (unpaired) electrons. The highest BCUT2D eigenvalue weighted by atomic mass is 19.1. The van der Waals surface area contributed by atoms with E-state index in [1.54, 1.807) is 24.3 Å². The predicted molar refractivity (Wildman–Crippen MR) is 150 cm³/mol. The molecule has 6 heteroatoms. The highest BCUT2D eigenvalue weighted by Gasteiger charge is 2.45. The van der Waals surface area contributed by atoms with Gasteiger partial charge in [-0.2, -0.15) is 0 Å². The number of hydrogen-bond acceptors (Lipinski definition) is 4. The van der Waals surface area contributed by atoms with Crippen molar-refractivity contribution in [1.29, 1.82) is 0 Å². The second-order valence-corrected chi connectivity index (χ2v) is 11.4. The summed E-state index contributed by atoms with van der Waals surface area (Å²) in [6.07, 6.45) is 6.87. The molecule has 3 aromatic carbocycles. The minimum atomic E-state index is -0.633. The summed E-state index contributed by atoms with van der Waals surface area (Å²) in [5.74, 6) is 0.996. The summed E-state index contributed by atoms with van der Waals surface area (Å²) in [7, 11) is 0. The minimum absolute atomic E-state index is 0.243. The number of benzene rings is 3. The van der Waals surface area contributed by atoms with Crippen molar-refractivity contribution in [3.05, 3.63) is 95.1 Å². The van der Waals surface area contributed by atoms with Crippen molar-refractivity contribution < 1.29 is 23.0 Å². The first-order chi connectivity index (χ1) is 18.9. The van der Waals surface area contributed by atoms with E-state index in [-0.39, 0.29) is 23.8 Å². The van der Waals surface area contributed by atoms with Gasteiger partial charge in [-0.15, -0.1) is 0 Å². The molecule has 1 saturated carbocycles. The van der Waals surface area contributed by atoms with Gasteiger partial charge in [-0.3, -0.25) is 0 Å². The summed E-state index contributed by atoms with van der Waals surface area (Å²) >= 11 is 0. The van der Waals surface area contributed by atoms with Gasteiger partial charge in [0.05, 0.1) is 6.61 Å². The lowest BCUT2D eigenvalue weighted by atomic mass is 9.86. The molecule has 1 aliphatic carbocycles. The van der Waals surface area contributed by atoms with E-state index in [1.165, 1.54) is 56.4 Å². The van der Waals surface area contributed by atoms with Crippen LogP contribution in [0.5, 0.6) is 5.75 Å². The first-order valence-corrected chi connectivity index (χ1v) is 14.2. The molecule has 208 valence electrons. The zero-order chi connectivity index (χ0) is 27.2. The number of ether oxygens (including phenoxy) is 3. The van der Waals surface area contributed by atoms with Gasteiger partial charge in [0.2, 0.25) is 0 Å². The fourth-order valence-corrected chi connectivity index (χ4v) is 5.72. The van der Waals surface area contributed by atoms with Crippen LogP contribution in [0.15, 0.2) is 66.7 Å². The van der Waals surface area contributed by atoms with Crippen LogP contribution in [0.25, 0.3) is 0 Å². The summed E-state index contributed by atoms with van der Waals surface area (Å²) in [6.45, 7) is 5.63. The number of nitrogens with one attached hydrogen (secondary N) is 1. The van der Waals surface area contributed by atoms with Crippen LogP contribution in [0.2, 0.25) is 0 Å². The third-order valence-electron chi connectivity index (χ3n) is 7.95. The van der Waals surface area contributed by atoms with E-state index in [1.807, 2.05) is 26.0 Å². The zero-order valence-corrected chi connectivity index (χ0v) is 22.9. The Hall–Kier alpha value is -2.96. The van der Waals surface area contributed by atoms with E-state index in [4.69, 9.17) is 14.2 Å². The van der Waals surface area contributed by atoms with Crippen LogP contribution < -0.4 is 10.1 Å². The fraction of sp³-hybridized carbons (Fsp3) is 0.455. The molecule has 3 aromatic rings. The van der Waals surface area contributed by atoms with E-state index in [0.29, 0.717) is 25.7 Å². The molecule has 2 unspecified atom stereocenters. The first-order valence-electron chi connectivity index (χ1n) is 14.2. The topological polar surface area (TPSA) is 39.7 Å². The van der Waals surface area contributed by atoms with Gasteiger partial charge in [-0.1, -0.05) is 56.4 Å². The molecule has 5 rings (SSSR count). The lowest BCUT2D eigenvalue weighted by Gasteiger charge is -2.44. The van der Waals surface area contributed by atoms with Crippen molar-refractivity contribution in [2.75, 3.05) is 11.9 Å². The molecule has 0 aromatic heterocycles. The Labute approximate surface area is 230 Å². The van der Waals surface area contributed by atoms with Crippen LogP contribution in [0.4, 0.5) is 14.5 Å². The quantitative estimate of drug-likeness (QED) is 0.283. The standard InChI is InChI=1S/C33H39F2NO3/c1-33(2)32(38-22-25-10-14-27(35)15-11-25)31(37-19-18-23-6-4-3-5-7-23)29-20-28(16-17-30(29)39-33)36-21-24-8-12-26(34)13-9-24/h8-17,20,23,31-32,36H,3-7,18-19,21-22H2,1-2H3. The number of hydrogen-bond donors (Lipinski definition) is 1. The Balaban J connectivity index is 1.35. The SMILES string of the molecule is CC1(C)Oc2ccc(NCc3ccc(F)cc3)cc2C(OCCC2CCCCC2)C1OCc1ccc(F)cc1. The lowest BCUT2D eigenvalue weighted by Crippen LogP contribution is -2.51. The monoisotopic (exact) mass is 535 g/mol. The largest absolute Gasteiger partial charge is 0.485 e. The second-order valence-electron chi connectivity index (χ2n) is 11.4. The van der Waals surface area contributed by atoms with Gasteiger partial charge in [0.15, 0.2) is 0 Å². The molecule has 0 spiro atoms. The molecule has 1 aliphatic heterocycles. The summed E-state index contributed by atoms with van der Waals surface area (Å²) in [6, 6.07) is 19.0. The smallest absolute Gasteiger partial charge is 0.132 e. The summed E-state index contributed by atoms with van der Waals surface area (Å²) in [5.41, 5.74) is 3.14. The van der Waals surface area contributed by atoms with E-state index < -0.39 is 5.60 Å². The molecule has 1 N–H and O–H groups in total. The number of halogens is 2. The molecule has 0 bridgehead atoms. The molecule has 0 saturated heterocycles. The van der Waals surface area contributed by atoms with Gasteiger partial charge >= 0.3 is 0 Å². The van der Waals surface area contributed by atoms with Crippen LogP contribution >= 0.6 is 0 Å². The molecule has 1 fully saturated rings. The molecule has 2 aliphatic rings. The van der Waals surface area contributed by atoms with Gasteiger partial charge in [-0.05, 0) is 79.8 Å². The van der Waals surface area contributed by atoms with Crippen molar-refractivity contribution in [3.8, 4) is 5.75 Å². The van der Waals surface area contributed by atoms with Crippen molar-refractivity contribution in [2.45, 2.75) is 83.3 Å². The Bertz CT molecular complexity index is 1210. The van der Waals surface area contributed by atoms with E-state index >= 15 is 0 Å². The van der Waals surface area contributed by atoms with E-state index in [9.17, 15) is 8.78 Å². The zero-order valence-electron chi connectivity index (χ0n) is 22.9. The molecule has 39 heavy (non-hydrogen) atoms. The van der Waals surface area contributed by atoms with Crippen molar-refractivity contribution >= 4 is 5.69 Å². The average Bonchev–Trinajstić information content (AvgIpc) is 2.93. The van der Waals surface area contributed by atoms with E-state index in [0.717, 1.165) is 34.5 Å². The third-order valence-corrected chi connectivity index (χ3v) is 7.95. The van der Waals surface area contributed by atoms with Gasteiger partial charge in [0.25, 0.3) is 0 Å². The third kappa shape index (κ3) is 7.17. The predicted octanol–water partition coefficient (Wildman–Crippen LogP) is 8.36. The van der Waals surface area contributed by atoms with Gasteiger partial charge < -0.3 is 19.5 Å². The van der Waals surface area contributed by atoms with Gasteiger partial charge in [-0.25, -0.2) is 8.78 Å². The summed E-state index contributed by atoms with van der Waals surface area (Å²) in [5, 5.41) is 3.45. The van der Waals surface area contributed by atoms with Crippen molar-refractivity contribution in [2.24, 2.45) is 5.92 Å². The first kappa shape index (κ1) is 27.6. The summed E-state index contributed by atoms with van der Waals surface area (Å²) < 4.78 is 46.4. The minimum Gasteiger partial charge on any atom is -0.485 e. The average molecular weight is 536 g/mol. The normalized spacial score (nSPS) is 20.7. The molecule has 1 heterocycles.